The lowest BCUT2D eigenvalue weighted by Crippen LogP contribution is -2.36. The average molecular weight is 320 g/mol. The normalized spacial score (nSPS) is 14.9. The predicted molar refractivity (Wildman–Crippen MR) is 86.5 cm³/mol. The molecule has 1 fully saturated rings. The predicted octanol–water partition coefficient (Wildman–Crippen LogP) is 2.02. The van der Waals surface area contributed by atoms with Crippen LogP contribution in [0.2, 0.25) is 5.28 Å². The quantitative estimate of drug-likeness (QED) is 0.851. The fourth-order valence-electron chi connectivity index (χ4n) is 2.32. The molecule has 0 amide bonds. The zero-order chi connectivity index (χ0) is 15.2. The average Bonchev–Trinajstić information content (AvgIpc) is 2.56. The monoisotopic (exact) mass is 319 g/mol. The number of pyridine rings is 1. The third-order valence-electron chi connectivity index (χ3n) is 3.43. The number of nitrogens with zero attached hydrogens (tertiary/aromatic N) is 4. The van der Waals surface area contributed by atoms with Crippen molar-refractivity contribution < 1.29 is 4.74 Å². The van der Waals surface area contributed by atoms with Crippen molar-refractivity contribution in [3.8, 4) is 0 Å². The highest BCUT2D eigenvalue weighted by Gasteiger charge is 2.14. The SMILES string of the molecule is Clc1nc(NCCc2ccccn2)cc(N2CCOCC2)n1. The van der Waals surface area contributed by atoms with Gasteiger partial charge in [-0.05, 0) is 23.7 Å². The van der Waals surface area contributed by atoms with Crippen molar-refractivity contribution in [2.75, 3.05) is 43.1 Å². The molecule has 2 aromatic rings. The van der Waals surface area contributed by atoms with Gasteiger partial charge in [0.15, 0.2) is 0 Å². The smallest absolute Gasteiger partial charge is 0.226 e. The second-order valence-electron chi connectivity index (χ2n) is 4.98. The molecule has 116 valence electrons. The van der Waals surface area contributed by atoms with Gasteiger partial charge in [0, 0.05) is 44.0 Å². The molecule has 1 saturated heterocycles. The Morgan fingerprint density at radius 2 is 2.09 bits per heavy atom. The Kier molecular flexibility index (Phi) is 5.03. The summed E-state index contributed by atoms with van der Waals surface area (Å²) < 4.78 is 5.35. The molecule has 7 heteroatoms. The van der Waals surface area contributed by atoms with Gasteiger partial charge in [-0.25, -0.2) is 9.97 Å². The number of nitrogens with one attached hydrogen (secondary N) is 1. The van der Waals surface area contributed by atoms with Crippen LogP contribution >= 0.6 is 11.6 Å². The van der Waals surface area contributed by atoms with Gasteiger partial charge in [0.05, 0.1) is 13.2 Å². The first-order chi connectivity index (χ1) is 10.8. The van der Waals surface area contributed by atoms with E-state index in [9.17, 15) is 0 Å². The van der Waals surface area contributed by atoms with Crippen LogP contribution in [0.3, 0.4) is 0 Å². The van der Waals surface area contributed by atoms with Crippen molar-refractivity contribution in [2.45, 2.75) is 6.42 Å². The van der Waals surface area contributed by atoms with Crippen molar-refractivity contribution in [3.05, 3.63) is 41.4 Å². The zero-order valence-corrected chi connectivity index (χ0v) is 13.0. The van der Waals surface area contributed by atoms with Gasteiger partial charge in [-0.1, -0.05) is 6.07 Å². The van der Waals surface area contributed by atoms with Crippen LogP contribution in [-0.2, 0) is 11.2 Å². The lowest BCUT2D eigenvalue weighted by atomic mass is 10.3. The van der Waals surface area contributed by atoms with Crippen LogP contribution < -0.4 is 10.2 Å². The summed E-state index contributed by atoms with van der Waals surface area (Å²) in [5.74, 6) is 1.57. The summed E-state index contributed by atoms with van der Waals surface area (Å²) >= 11 is 6.03. The van der Waals surface area contributed by atoms with Crippen molar-refractivity contribution in [3.63, 3.8) is 0 Å². The molecule has 22 heavy (non-hydrogen) atoms. The van der Waals surface area contributed by atoms with E-state index in [0.29, 0.717) is 13.2 Å². The van der Waals surface area contributed by atoms with Crippen LogP contribution in [0.25, 0.3) is 0 Å². The highest BCUT2D eigenvalue weighted by Crippen LogP contribution is 2.19. The molecular formula is C15H18ClN5O. The molecule has 6 nitrogen and oxygen atoms in total. The fourth-order valence-corrected chi connectivity index (χ4v) is 2.49. The molecule has 1 N–H and O–H groups in total. The van der Waals surface area contributed by atoms with Gasteiger partial charge in [-0.15, -0.1) is 0 Å². The van der Waals surface area contributed by atoms with E-state index in [0.717, 1.165) is 43.4 Å². The van der Waals surface area contributed by atoms with Crippen molar-refractivity contribution in [1.29, 1.82) is 0 Å². The Balaban J connectivity index is 1.62. The number of rotatable bonds is 5. The number of hydrogen-bond donors (Lipinski definition) is 1. The minimum absolute atomic E-state index is 0.254. The summed E-state index contributed by atoms with van der Waals surface area (Å²) in [7, 11) is 0. The van der Waals surface area contributed by atoms with Crippen LogP contribution in [0.4, 0.5) is 11.6 Å². The molecule has 3 heterocycles. The highest BCUT2D eigenvalue weighted by atomic mass is 35.5. The molecule has 0 saturated carbocycles. The molecular weight excluding hydrogens is 302 g/mol. The maximum absolute atomic E-state index is 6.03. The Labute approximate surface area is 134 Å². The standard InChI is InChI=1S/C15H18ClN5O/c16-15-19-13(18-6-4-12-3-1-2-5-17-12)11-14(20-15)21-7-9-22-10-8-21/h1-3,5,11H,4,6-10H2,(H,18,19,20). The molecule has 3 rings (SSSR count). The molecule has 0 aliphatic carbocycles. The molecule has 1 aliphatic heterocycles. The molecule has 2 aromatic heterocycles. The van der Waals surface area contributed by atoms with E-state index in [1.807, 2.05) is 24.3 Å². The van der Waals surface area contributed by atoms with Gasteiger partial charge in [0.1, 0.15) is 11.6 Å². The Bertz CT molecular complexity index is 604. The van der Waals surface area contributed by atoms with Crippen LogP contribution in [-0.4, -0.2) is 47.8 Å². The zero-order valence-electron chi connectivity index (χ0n) is 12.2. The van der Waals surface area contributed by atoms with E-state index < -0.39 is 0 Å². The van der Waals surface area contributed by atoms with Crippen LogP contribution in [0.1, 0.15) is 5.69 Å². The number of anilines is 2. The minimum atomic E-state index is 0.254. The van der Waals surface area contributed by atoms with Crippen molar-refractivity contribution >= 4 is 23.2 Å². The second-order valence-corrected chi connectivity index (χ2v) is 5.32. The summed E-state index contributed by atoms with van der Waals surface area (Å²) in [5, 5.41) is 3.53. The van der Waals surface area contributed by atoms with Crippen LogP contribution in [0.5, 0.6) is 0 Å². The largest absolute Gasteiger partial charge is 0.378 e. The van der Waals surface area contributed by atoms with Gasteiger partial charge >= 0.3 is 0 Å². The van der Waals surface area contributed by atoms with E-state index in [-0.39, 0.29) is 5.28 Å². The lowest BCUT2D eigenvalue weighted by Gasteiger charge is -2.28. The molecule has 0 aromatic carbocycles. The number of hydrogen-bond acceptors (Lipinski definition) is 6. The molecule has 0 bridgehead atoms. The van der Waals surface area contributed by atoms with Crippen molar-refractivity contribution in [2.24, 2.45) is 0 Å². The van der Waals surface area contributed by atoms with E-state index in [1.54, 1.807) is 6.20 Å². The number of aromatic nitrogens is 3. The summed E-state index contributed by atoms with van der Waals surface area (Å²) in [6.07, 6.45) is 2.63. The maximum atomic E-state index is 6.03. The summed E-state index contributed by atoms with van der Waals surface area (Å²) in [6, 6.07) is 7.83. The minimum Gasteiger partial charge on any atom is -0.378 e. The van der Waals surface area contributed by atoms with Crippen molar-refractivity contribution in [1.82, 2.24) is 15.0 Å². The highest BCUT2D eigenvalue weighted by molar-refractivity contribution is 6.28. The number of morpholine rings is 1. The molecule has 0 spiro atoms. The first kappa shape index (κ1) is 15.0. The summed E-state index contributed by atoms with van der Waals surface area (Å²) in [4.78, 5) is 15.0. The number of ether oxygens (including phenoxy) is 1. The first-order valence-corrected chi connectivity index (χ1v) is 7.70. The fraction of sp³-hybridized carbons (Fsp3) is 0.400. The molecule has 0 atom stereocenters. The van der Waals surface area contributed by atoms with E-state index in [4.69, 9.17) is 16.3 Å². The number of halogens is 1. The van der Waals surface area contributed by atoms with E-state index in [2.05, 4.69) is 25.2 Å². The van der Waals surface area contributed by atoms with Gasteiger partial charge in [0.25, 0.3) is 0 Å². The maximum Gasteiger partial charge on any atom is 0.226 e. The Hall–Kier alpha value is -1.92. The van der Waals surface area contributed by atoms with E-state index >= 15 is 0 Å². The summed E-state index contributed by atoms with van der Waals surface area (Å²) in [6.45, 7) is 3.81. The third kappa shape index (κ3) is 4.05. The first-order valence-electron chi connectivity index (χ1n) is 7.32. The summed E-state index contributed by atoms with van der Waals surface area (Å²) in [5.41, 5.74) is 1.04. The van der Waals surface area contributed by atoms with Gasteiger partial charge in [-0.2, -0.15) is 0 Å². The third-order valence-corrected chi connectivity index (χ3v) is 3.60. The lowest BCUT2D eigenvalue weighted by molar-refractivity contribution is 0.122. The van der Waals surface area contributed by atoms with E-state index in [1.165, 1.54) is 0 Å². The molecule has 0 unspecified atom stereocenters. The Morgan fingerprint density at radius 3 is 2.86 bits per heavy atom. The van der Waals surface area contributed by atoms with Crippen LogP contribution in [0.15, 0.2) is 30.5 Å². The van der Waals surface area contributed by atoms with Gasteiger partial charge in [0.2, 0.25) is 5.28 Å². The van der Waals surface area contributed by atoms with Crippen LogP contribution in [0, 0.1) is 0 Å². The second kappa shape index (κ2) is 7.38. The topological polar surface area (TPSA) is 63.2 Å². The molecule has 0 radical (unpaired) electrons. The molecule has 1 aliphatic rings. The van der Waals surface area contributed by atoms with Gasteiger partial charge in [-0.3, -0.25) is 4.98 Å². The van der Waals surface area contributed by atoms with Gasteiger partial charge < -0.3 is 15.0 Å². The Morgan fingerprint density at radius 1 is 1.23 bits per heavy atom.